The molecule has 0 radical (unpaired) electrons. The topological polar surface area (TPSA) is 54.7 Å². The lowest BCUT2D eigenvalue weighted by Gasteiger charge is -2.26. The summed E-state index contributed by atoms with van der Waals surface area (Å²) in [5.41, 5.74) is 2.71. The Morgan fingerprint density at radius 2 is 1.83 bits per heavy atom. The summed E-state index contributed by atoms with van der Waals surface area (Å²) in [4.78, 5) is 15.6. The van der Waals surface area contributed by atoms with Gasteiger partial charge in [-0.2, -0.15) is 0 Å². The van der Waals surface area contributed by atoms with Crippen LogP contribution in [0.3, 0.4) is 0 Å². The molecule has 0 saturated carbocycles. The lowest BCUT2D eigenvalue weighted by Crippen LogP contribution is -2.37. The first kappa shape index (κ1) is 19.6. The van der Waals surface area contributed by atoms with Gasteiger partial charge in [0, 0.05) is 48.3 Å². The van der Waals surface area contributed by atoms with E-state index in [1.165, 1.54) is 24.3 Å². The maximum absolute atomic E-state index is 14.0. The molecule has 3 aromatic rings. The Bertz CT molecular complexity index is 1020. The Morgan fingerprint density at radius 1 is 1.10 bits per heavy atom. The standard InChI is InChI=1S/C23H25FN2O3/c1-16-22(23(28)17-3-6-19(27)7-4-17)20-15-18(24)5-8-21(20)26(16)10-2-9-25-11-13-29-14-12-25/h3-8,15,27H,2,9-14H2,1H3. The highest BCUT2D eigenvalue weighted by molar-refractivity contribution is 6.17. The molecule has 29 heavy (non-hydrogen) atoms. The minimum Gasteiger partial charge on any atom is -0.508 e. The van der Waals surface area contributed by atoms with Crippen molar-refractivity contribution in [1.82, 2.24) is 9.47 Å². The molecule has 1 aromatic heterocycles. The van der Waals surface area contributed by atoms with Crippen molar-refractivity contribution in [3.8, 4) is 5.75 Å². The first-order valence-corrected chi connectivity index (χ1v) is 9.97. The number of aryl methyl sites for hydroxylation is 1. The van der Waals surface area contributed by atoms with Crippen LogP contribution < -0.4 is 0 Å². The number of morpholine rings is 1. The van der Waals surface area contributed by atoms with Gasteiger partial charge in [0.2, 0.25) is 0 Å². The zero-order valence-electron chi connectivity index (χ0n) is 16.5. The third kappa shape index (κ3) is 4.04. The van der Waals surface area contributed by atoms with Gasteiger partial charge < -0.3 is 14.4 Å². The Kier molecular flexibility index (Phi) is 5.65. The van der Waals surface area contributed by atoms with E-state index in [2.05, 4.69) is 9.47 Å². The minimum absolute atomic E-state index is 0.106. The van der Waals surface area contributed by atoms with E-state index in [0.29, 0.717) is 16.5 Å². The molecule has 0 amide bonds. The van der Waals surface area contributed by atoms with Crippen LogP contribution in [0.25, 0.3) is 10.9 Å². The molecular formula is C23H25FN2O3. The van der Waals surface area contributed by atoms with Crippen LogP contribution in [0.4, 0.5) is 4.39 Å². The monoisotopic (exact) mass is 396 g/mol. The van der Waals surface area contributed by atoms with Crippen molar-refractivity contribution in [2.45, 2.75) is 19.9 Å². The van der Waals surface area contributed by atoms with Crippen LogP contribution in [0.1, 0.15) is 28.0 Å². The second kappa shape index (κ2) is 8.35. The van der Waals surface area contributed by atoms with Crippen LogP contribution in [0.5, 0.6) is 5.75 Å². The van der Waals surface area contributed by atoms with Gasteiger partial charge in [0.05, 0.1) is 18.8 Å². The molecule has 1 saturated heterocycles. The summed E-state index contributed by atoms with van der Waals surface area (Å²) in [5.74, 6) is -0.414. The molecule has 1 aliphatic rings. The average molecular weight is 396 g/mol. The lowest BCUT2D eigenvalue weighted by atomic mass is 10.0. The predicted molar refractivity (Wildman–Crippen MR) is 110 cm³/mol. The van der Waals surface area contributed by atoms with Crippen LogP contribution in [-0.4, -0.2) is 53.2 Å². The Hall–Kier alpha value is -2.70. The molecule has 2 aromatic carbocycles. The quantitative estimate of drug-likeness (QED) is 0.645. The fourth-order valence-corrected chi connectivity index (χ4v) is 4.06. The van der Waals surface area contributed by atoms with Crippen LogP contribution >= 0.6 is 0 Å². The molecule has 152 valence electrons. The van der Waals surface area contributed by atoms with E-state index in [-0.39, 0.29) is 17.3 Å². The fraction of sp³-hybridized carbons (Fsp3) is 0.348. The number of aromatic hydroxyl groups is 1. The van der Waals surface area contributed by atoms with Crippen LogP contribution in [-0.2, 0) is 11.3 Å². The van der Waals surface area contributed by atoms with E-state index in [9.17, 15) is 14.3 Å². The van der Waals surface area contributed by atoms with Crippen molar-refractivity contribution in [1.29, 1.82) is 0 Å². The molecule has 4 rings (SSSR count). The molecule has 5 nitrogen and oxygen atoms in total. The molecule has 0 aliphatic carbocycles. The number of carbonyl (C=O) groups excluding carboxylic acids is 1. The summed E-state index contributed by atoms with van der Waals surface area (Å²) in [6.07, 6.45) is 0.939. The number of hydrogen-bond acceptors (Lipinski definition) is 4. The summed E-state index contributed by atoms with van der Waals surface area (Å²) < 4.78 is 21.5. The molecule has 0 spiro atoms. The molecular weight excluding hydrogens is 371 g/mol. The molecule has 1 N–H and O–H groups in total. The van der Waals surface area contributed by atoms with E-state index in [1.807, 2.05) is 6.92 Å². The van der Waals surface area contributed by atoms with E-state index < -0.39 is 0 Å². The van der Waals surface area contributed by atoms with Gasteiger partial charge in [-0.25, -0.2) is 4.39 Å². The number of phenolic OH excluding ortho intramolecular Hbond substituents is 1. The highest BCUT2D eigenvalue weighted by Gasteiger charge is 2.22. The third-order valence-corrected chi connectivity index (χ3v) is 5.60. The number of hydrogen-bond donors (Lipinski definition) is 1. The van der Waals surface area contributed by atoms with Gasteiger partial charge in [-0.3, -0.25) is 9.69 Å². The maximum atomic E-state index is 14.0. The number of fused-ring (bicyclic) bond motifs is 1. The van der Waals surface area contributed by atoms with Gasteiger partial charge in [-0.1, -0.05) is 0 Å². The highest BCUT2D eigenvalue weighted by Crippen LogP contribution is 2.29. The number of rotatable bonds is 6. The van der Waals surface area contributed by atoms with Crippen molar-refractivity contribution in [3.05, 3.63) is 65.1 Å². The van der Waals surface area contributed by atoms with E-state index in [0.717, 1.165) is 57.0 Å². The van der Waals surface area contributed by atoms with Crippen molar-refractivity contribution >= 4 is 16.7 Å². The number of carbonyl (C=O) groups is 1. The van der Waals surface area contributed by atoms with Gasteiger partial charge in [-0.15, -0.1) is 0 Å². The Balaban J connectivity index is 1.65. The predicted octanol–water partition coefficient (Wildman–Crippen LogP) is 3.75. The molecule has 0 unspecified atom stereocenters. The van der Waals surface area contributed by atoms with Gasteiger partial charge in [-0.05, 0) is 55.8 Å². The fourth-order valence-electron chi connectivity index (χ4n) is 4.06. The molecule has 0 bridgehead atoms. The van der Waals surface area contributed by atoms with Gasteiger partial charge in [0.25, 0.3) is 0 Å². The second-order valence-electron chi connectivity index (χ2n) is 7.46. The number of nitrogens with zero attached hydrogens (tertiary/aromatic N) is 2. The number of phenols is 1. The maximum Gasteiger partial charge on any atom is 0.195 e. The number of ether oxygens (including phenoxy) is 1. The SMILES string of the molecule is Cc1c(C(=O)c2ccc(O)cc2)c2cc(F)ccc2n1CCCN1CCOCC1. The van der Waals surface area contributed by atoms with Gasteiger partial charge >= 0.3 is 0 Å². The van der Waals surface area contributed by atoms with Crippen molar-refractivity contribution < 1.29 is 19.0 Å². The number of benzene rings is 2. The third-order valence-electron chi connectivity index (χ3n) is 5.60. The van der Waals surface area contributed by atoms with Crippen molar-refractivity contribution in [2.24, 2.45) is 0 Å². The summed E-state index contributed by atoms with van der Waals surface area (Å²) in [6.45, 7) is 7.08. The largest absolute Gasteiger partial charge is 0.508 e. The number of halogens is 1. The van der Waals surface area contributed by atoms with E-state index >= 15 is 0 Å². The van der Waals surface area contributed by atoms with Gasteiger partial charge in [0.1, 0.15) is 11.6 Å². The van der Waals surface area contributed by atoms with Crippen molar-refractivity contribution in [3.63, 3.8) is 0 Å². The summed E-state index contributed by atoms with van der Waals surface area (Å²) >= 11 is 0. The molecule has 0 atom stereocenters. The van der Waals surface area contributed by atoms with Crippen LogP contribution in [0, 0.1) is 12.7 Å². The summed E-state index contributed by atoms with van der Waals surface area (Å²) in [5, 5.41) is 10.1. The number of aromatic nitrogens is 1. The second-order valence-corrected chi connectivity index (χ2v) is 7.46. The lowest BCUT2D eigenvalue weighted by molar-refractivity contribution is 0.0369. The average Bonchev–Trinajstić information content (AvgIpc) is 2.99. The van der Waals surface area contributed by atoms with Crippen molar-refractivity contribution in [2.75, 3.05) is 32.8 Å². The highest BCUT2D eigenvalue weighted by atomic mass is 19.1. The summed E-state index contributed by atoms with van der Waals surface area (Å²) in [7, 11) is 0. The first-order chi connectivity index (χ1) is 14.0. The minimum atomic E-state index is -0.359. The molecule has 1 aliphatic heterocycles. The van der Waals surface area contributed by atoms with Gasteiger partial charge in [0.15, 0.2) is 5.78 Å². The molecule has 2 heterocycles. The zero-order valence-corrected chi connectivity index (χ0v) is 16.5. The van der Waals surface area contributed by atoms with E-state index in [4.69, 9.17) is 4.74 Å². The Labute approximate surface area is 169 Å². The van der Waals surface area contributed by atoms with Crippen LogP contribution in [0.15, 0.2) is 42.5 Å². The normalized spacial score (nSPS) is 15.1. The molecule has 1 fully saturated rings. The molecule has 6 heteroatoms. The first-order valence-electron chi connectivity index (χ1n) is 9.97. The van der Waals surface area contributed by atoms with Crippen LogP contribution in [0.2, 0.25) is 0 Å². The Morgan fingerprint density at radius 3 is 2.55 bits per heavy atom. The zero-order chi connectivity index (χ0) is 20.4. The number of ketones is 1. The smallest absolute Gasteiger partial charge is 0.195 e. The summed E-state index contributed by atoms with van der Waals surface area (Å²) in [6, 6.07) is 10.8. The van der Waals surface area contributed by atoms with E-state index in [1.54, 1.807) is 18.2 Å².